The fraction of sp³-hybridized carbons (Fsp3) is 0.0417. The molecular weight excluding hydrogens is 556 g/mol. The van der Waals surface area contributed by atoms with Crippen LogP contribution in [0.15, 0.2) is 65.3 Å². The first-order chi connectivity index (χ1) is 16.6. The first-order valence-electron chi connectivity index (χ1n) is 9.94. The normalized spacial score (nSPS) is 13.5. The fourth-order valence-corrected chi connectivity index (χ4v) is 4.39. The van der Waals surface area contributed by atoms with Gasteiger partial charge in [-0.05, 0) is 67.1 Å². The monoisotopic (exact) mass is 567 g/mol. The molecule has 0 aromatic heterocycles. The van der Waals surface area contributed by atoms with Crippen molar-refractivity contribution in [3.63, 3.8) is 0 Å². The lowest BCUT2D eigenvalue weighted by Gasteiger charge is -2.17. The van der Waals surface area contributed by atoms with Crippen molar-refractivity contribution in [1.29, 1.82) is 0 Å². The number of nitrogens with zero attached hydrogens (tertiary/aromatic N) is 1. The maximum absolute atomic E-state index is 13.0. The second kappa shape index (κ2) is 10.1. The molecule has 0 aliphatic carbocycles. The molecule has 4 rings (SSSR count). The van der Waals surface area contributed by atoms with E-state index in [1.807, 2.05) is 6.92 Å². The average molecular weight is 570 g/mol. The Morgan fingerprint density at radius 2 is 1.46 bits per heavy atom. The largest absolute Gasteiger partial charge is 0.350 e. The molecular formula is C24H14Cl5N3O3. The third kappa shape index (κ3) is 5.13. The molecule has 0 bridgehead atoms. The van der Waals surface area contributed by atoms with Gasteiger partial charge in [0.1, 0.15) is 10.7 Å². The number of hydrogen-bond acceptors (Lipinski definition) is 4. The van der Waals surface area contributed by atoms with Gasteiger partial charge >= 0.3 is 0 Å². The molecule has 3 amide bonds. The van der Waals surface area contributed by atoms with Crippen molar-refractivity contribution in [3.8, 4) is 0 Å². The minimum absolute atomic E-state index is 0.0514. The van der Waals surface area contributed by atoms with Crippen molar-refractivity contribution in [2.75, 3.05) is 15.5 Å². The molecule has 0 radical (unpaired) electrons. The zero-order chi connectivity index (χ0) is 25.4. The molecule has 0 unspecified atom stereocenters. The van der Waals surface area contributed by atoms with Crippen molar-refractivity contribution >= 4 is 92.8 Å². The van der Waals surface area contributed by atoms with E-state index in [4.69, 9.17) is 58.0 Å². The van der Waals surface area contributed by atoms with Crippen LogP contribution in [-0.2, 0) is 9.59 Å². The second-order valence-corrected chi connectivity index (χ2v) is 9.50. The molecule has 0 atom stereocenters. The molecule has 1 aliphatic heterocycles. The predicted molar refractivity (Wildman–Crippen MR) is 141 cm³/mol. The van der Waals surface area contributed by atoms with E-state index in [1.165, 1.54) is 12.1 Å². The lowest BCUT2D eigenvalue weighted by molar-refractivity contribution is -0.120. The maximum Gasteiger partial charge on any atom is 0.283 e. The smallest absolute Gasteiger partial charge is 0.283 e. The number of imide groups is 1. The summed E-state index contributed by atoms with van der Waals surface area (Å²) in [4.78, 5) is 39.1. The number of nitrogens with one attached hydrogen (secondary N) is 2. The van der Waals surface area contributed by atoms with Gasteiger partial charge in [0.25, 0.3) is 17.7 Å². The number of hydrogen-bond donors (Lipinski definition) is 2. The molecule has 2 N–H and O–H groups in total. The summed E-state index contributed by atoms with van der Waals surface area (Å²) in [7, 11) is 0. The van der Waals surface area contributed by atoms with E-state index >= 15 is 0 Å². The minimum Gasteiger partial charge on any atom is -0.350 e. The Morgan fingerprint density at radius 1 is 0.800 bits per heavy atom. The molecule has 35 heavy (non-hydrogen) atoms. The number of halogens is 5. The number of aryl methyl sites for hydroxylation is 1. The average Bonchev–Trinajstić information content (AvgIpc) is 3.01. The molecule has 1 aliphatic rings. The first-order valence-corrected chi connectivity index (χ1v) is 11.8. The standard InChI is InChI=1S/C24H14Cl5N3O3/c1-11-8-13(25)4-7-18(11)31-22(33)12-2-5-14(6-3-12)30-21-20(29)23(34)32(24(21)35)19-10-16(27)15(26)9-17(19)28/h2-10,30H,1H3,(H,31,33). The molecule has 3 aromatic carbocycles. The van der Waals surface area contributed by atoms with Crippen LogP contribution in [0.3, 0.4) is 0 Å². The van der Waals surface area contributed by atoms with Crippen LogP contribution >= 0.6 is 58.0 Å². The van der Waals surface area contributed by atoms with Gasteiger partial charge in [-0.25, -0.2) is 4.90 Å². The van der Waals surface area contributed by atoms with Gasteiger partial charge in [0.05, 0.1) is 20.8 Å². The topological polar surface area (TPSA) is 78.5 Å². The second-order valence-electron chi connectivity index (χ2n) is 7.47. The highest BCUT2D eigenvalue weighted by Gasteiger charge is 2.40. The molecule has 1 heterocycles. The van der Waals surface area contributed by atoms with Gasteiger partial charge in [0, 0.05) is 22.0 Å². The zero-order valence-electron chi connectivity index (χ0n) is 17.8. The Bertz CT molecular complexity index is 1420. The number of anilines is 3. The van der Waals surface area contributed by atoms with Crippen LogP contribution in [0.5, 0.6) is 0 Å². The van der Waals surface area contributed by atoms with Crippen LogP contribution in [0.1, 0.15) is 15.9 Å². The third-order valence-corrected chi connectivity index (χ3v) is 6.72. The van der Waals surface area contributed by atoms with Crippen molar-refractivity contribution in [2.24, 2.45) is 0 Å². The Hall–Kier alpha value is -2.74. The van der Waals surface area contributed by atoms with Crippen LogP contribution < -0.4 is 15.5 Å². The van der Waals surface area contributed by atoms with E-state index in [0.29, 0.717) is 22.0 Å². The summed E-state index contributed by atoms with van der Waals surface area (Å²) in [5.41, 5.74) is 2.17. The number of carbonyl (C=O) groups excluding carboxylic acids is 3. The summed E-state index contributed by atoms with van der Waals surface area (Å²) >= 11 is 30.3. The fourth-order valence-electron chi connectivity index (χ4n) is 3.32. The number of amides is 3. The molecule has 0 spiro atoms. The molecule has 0 saturated heterocycles. The van der Waals surface area contributed by atoms with Gasteiger partial charge in [-0.15, -0.1) is 0 Å². The van der Waals surface area contributed by atoms with Crippen molar-refractivity contribution in [1.82, 2.24) is 0 Å². The first kappa shape index (κ1) is 25.4. The highest BCUT2D eigenvalue weighted by Crippen LogP contribution is 2.38. The van der Waals surface area contributed by atoms with Crippen LogP contribution in [0.4, 0.5) is 17.1 Å². The molecule has 11 heteroatoms. The summed E-state index contributed by atoms with van der Waals surface area (Å²) in [5, 5.41) is 6.25. The van der Waals surface area contributed by atoms with E-state index in [9.17, 15) is 14.4 Å². The Kier molecular flexibility index (Phi) is 7.31. The van der Waals surface area contributed by atoms with Crippen LogP contribution in [-0.4, -0.2) is 17.7 Å². The van der Waals surface area contributed by atoms with E-state index in [-0.39, 0.29) is 37.4 Å². The van der Waals surface area contributed by atoms with Gasteiger partial charge in [0.15, 0.2) is 0 Å². The Balaban J connectivity index is 1.51. The summed E-state index contributed by atoms with van der Waals surface area (Å²) in [6, 6.07) is 14.1. The van der Waals surface area contributed by atoms with Crippen LogP contribution in [0.25, 0.3) is 0 Å². The number of benzene rings is 3. The SMILES string of the molecule is Cc1cc(Cl)ccc1NC(=O)c1ccc(NC2=C(Cl)C(=O)N(c3cc(Cl)c(Cl)cc3Cl)C2=O)cc1. The molecule has 3 aromatic rings. The summed E-state index contributed by atoms with van der Waals surface area (Å²) in [6.07, 6.45) is 0. The van der Waals surface area contributed by atoms with Gasteiger partial charge in [0.2, 0.25) is 0 Å². The highest BCUT2D eigenvalue weighted by atomic mass is 35.5. The maximum atomic E-state index is 13.0. The molecule has 0 saturated carbocycles. The van der Waals surface area contributed by atoms with E-state index in [0.717, 1.165) is 10.5 Å². The number of carbonyl (C=O) groups is 3. The summed E-state index contributed by atoms with van der Waals surface area (Å²) in [5.74, 6) is -1.82. The quantitative estimate of drug-likeness (QED) is 0.250. The minimum atomic E-state index is -0.770. The van der Waals surface area contributed by atoms with Crippen LogP contribution in [0, 0.1) is 6.92 Å². The van der Waals surface area contributed by atoms with E-state index in [2.05, 4.69) is 10.6 Å². The van der Waals surface area contributed by atoms with Gasteiger partial charge in [-0.3, -0.25) is 14.4 Å². The molecule has 178 valence electrons. The molecule has 0 fully saturated rings. The summed E-state index contributed by atoms with van der Waals surface area (Å²) in [6.45, 7) is 1.83. The summed E-state index contributed by atoms with van der Waals surface area (Å²) < 4.78 is 0. The molecule has 6 nitrogen and oxygen atoms in total. The Morgan fingerprint density at radius 3 is 2.11 bits per heavy atom. The highest BCUT2D eigenvalue weighted by molar-refractivity contribution is 6.54. The van der Waals surface area contributed by atoms with Gasteiger partial charge in [-0.1, -0.05) is 58.0 Å². The zero-order valence-corrected chi connectivity index (χ0v) is 21.5. The van der Waals surface area contributed by atoms with Crippen LogP contribution in [0.2, 0.25) is 20.1 Å². The predicted octanol–water partition coefficient (Wildman–Crippen LogP) is 7.30. The van der Waals surface area contributed by atoms with E-state index in [1.54, 1.807) is 42.5 Å². The lowest BCUT2D eigenvalue weighted by Crippen LogP contribution is -2.32. The van der Waals surface area contributed by atoms with Gasteiger partial charge < -0.3 is 10.6 Å². The lowest BCUT2D eigenvalue weighted by atomic mass is 10.1. The van der Waals surface area contributed by atoms with Crippen molar-refractivity contribution in [2.45, 2.75) is 6.92 Å². The van der Waals surface area contributed by atoms with Crippen molar-refractivity contribution < 1.29 is 14.4 Å². The Labute approximate surface area is 225 Å². The van der Waals surface area contributed by atoms with Gasteiger partial charge in [-0.2, -0.15) is 0 Å². The third-order valence-electron chi connectivity index (χ3n) is 5.11. The number of rotatable bonds is 5. The van der Waals surface area contributed by atoms with Crippen molar-refractivity contribution in [3.05, 3.63) is 96.5 Å². The van der Waals surface area contributed by atoms with E-state index < -0.39 is 11.8 Å².